The van der Waals surface area contributed by atoms with Crippen molar-refractivity contribution in [1.29, 1.82) is 0 Å². The average molecular weight is 385 g/mol. The molecular weight excluding hydrogens is 340 g/mol. The molecule has 160 valence electrons. The summed E-state index contributed by atoms with van der Waals surface area (Å²) >= 11 is 0. The van der Waals surface area contributed by atoms with Crippen LogP contribution in [0.3, 0.4) is 0 Å². The highest BCUT2D eigenvalue weighted by molar-refractivity contribution is 5.78. The van der Waals surface area contributed by atoms with E-state index in [0.29, 0.717) is 18.6 Å². The van der Waals surface area contributed by atoms with Crippen LogP contribution in [0.4, 0.5) is 0 Å². The number of aliphatic carboxylic acids is 1. The first-order valence-corrected chi connectivity index (χ1v) is 11.5. The molecule has 0 unspecified atom stereocenters. The zero-order chi connectivity index (χ0) is 20.0. The van der Waals surface area contributed by atoms with E-state index in [2.05, 4.69) is 0 Å². The fourth-order valence-electron chi connectivity index (χ4n) is 3.36. The van der Waals surface area contributed by atoms with E-state index in [1.54, 1.807) is 0 Å². The summed E-state index contributed by atoms with van der Waals surface area (Å²) in [4.78, 5) is 22.1. The Bertz CT molecular complexity index is 341. The van der Waals surface area contributed by atoms with Crippen molar-refractivity contribution in [2.45, 2.75) is 122 Å². The van der Waals surface area contributed by atoms with Gasteiger partial charge in [-0.3, -0.25) is 9.59 Å². The number of ketones is 1. The Labute approximate surface area is 167 Å². The summed E-state index contributed by atoms with van der Waals surface area (Å²) in [7, 11) is 0. The van der Waals surface area contributed by atoms with Gasteiger partial charge in [0.05, 0.1) is 0 Å². The van der Waals surface area contributed by atoms with Gasteiger partial charge >= 0.3 is 5.97 Å². The zero-order valence-corrected chi connectivity index (χ0v) is 17.8. The van der Waals surface area contributed by atoms with Crippen LogP contribution in [0.15, 0.2) is 0 Å². The smallest absolute Gasteiger partial charge is 0.303 e. The summed E-state index contributed by atoms with van der Waals surface area (Å²) in [5, 5.41) is 8.57. The molecule has 27 heavy (non-hydrogen) atoms. The predicted octanol–water partition coefficient (Wildman–Crippen LogP) is 6.70. The normalized spacial score (nSPS) is 11.0. The molecule has 0 bridgehead atoms. The number of carboxylic acid groups (broad SMARTS) is 1. The second-order valence-electron chi connectivity index (χ2n) is 7.68. The van der Waals surface area contributed by atoms with Crippen LogP contribution >= 0.6 is 0 Å². The molecule has 4 nitrogen and oxygen atoms in total. The van der Waals surface area contributed by atoms with Crippen LogP contribution in [0.1, 0.15) is 122 Å². The number of rotatable bonds is 22. The van der Waals surface area contributed by atoms with Gasteiger partial charge in [0.15, 0.2) is 0 Å². The van der Waals surface area contributed by atoms with Gasteiger partial charge in [0.1, 0.15) is 5.78 Å². The van der Waals surface area contributed by atoms with E-state index in [9.17, 15) is 9.59 Å². The lowest BCUT2D eigenvalue weighted by Crippen LogP contribution is -2.01. The van der Waals surface area contributed by atoms with E-state index in [4.69, 9.17) is 9.84 Å². The number of hydrogen-bond donors (Lipinski definition) is 1. The van der Waals surface area contributed by atoms with E-state index < -0.39 is 5.97 Å². The molecule has 0 aliphatic rings. The Morgan fingerprint density at radius 1 is 0.593 bits per heavy atom. The third kappa shape index (κ3) is 23.1. The summed E-state index contributed by atoms with van der Waals surface area (Å²) in [5.74, 6) is -0.270. The molecule has 0 fully saturated rings. The molecule has 0 spiro atoms. The van der Waals surface area contributed by atoms with Crippen LogP contribution in [0.2, 0.25) is 0 Å². The summed E-state index contributed by atoms with van der Waals surface area (Å²) in [6.07, 6.45) is 19.8. The SMILES string of the molecule is CCOCCCC(=O)CCCCCCCCCCCCCCCCC(=O)O. The lowest BCUT2D eigenvalue weighted by atomic mass is 10.0. The molecule has 0 radical (unpaired) electrons. The van der Waals surface area contributed by atoms with Gasteiger partial charge in [0.25, 0.3) is 0 Å². The molecule has 0 saturated heterocycles. The summed E-state index contributed by atoms with van der Waals surface area (Å²) in [6.45, 7) is 3.44. The molecule has 1 N–H and O–H groups in total. The zero-order valence-electron chi connectivity index (χ0n) is 17.8. The molecule has 0 saturated carbocycles. The predicted molar refractivity (Wildman–Crippen MR) is 112 cm³/mol. The van der Waals surface area contributed by atoms with Crippen molar-refractivity contribution in [1.82, 2.24) is 0 Å². The maximum atomic E-state index is 11.7. The topological polar surface area (TPSA) is 63.6 Å². The number of hydrogen-bond acceptors (Lipinski definition) is 3. The molecular formula is C23H44O4. The minimum absolute atomic E-state index is 0.324. The molecule has 0 aromatic heterocycles. The molecule has 0 rings (SSSR count). The number of unbranched alkanes of at least 4 members (excludes halogenated alkanes) is 13. The second kappa shape index (κ2) is 21.4. The fraction of sp³-hybridized carbons (Fsp3) is 0.913. The average Bonchev–Trinajstić information content (AvgIpc) is 2.64. The largest absolute Gasteiger partial charge is 0.481 e. The van der Waals surface area contributed by atoms with Gasteiger partial charge in [-0.15, -0.1) is 0 Å². The molecule has 0 atom stereocenters. The molecule has 0 aliphatic carbocycles. The van der Waals surface area contributed by atoms with Crippen LogP contribution in [0, 0.1) is 0 Å². The van der Waals surface area contributed by atoms with Gasteiger partial charge < -0.3 is 9.84 Å². The monoisotopic (exact) mass is 384 g/mol. The van der Waals surface area contributed by atoms with E-state index in [-0.39, 0.29) is 0 Å². The molecule has 0 aromatic rings. The van der Waals surface area contributed by atoms with Gasteiger partial charge in [0, 0.05) is 32.5 Å². The third-order valence-corrected chi connectivity index (χ3v) is 5.04. The van der Waals surface area contributed by atoms with Crippen molar-refractivity contribution >= 4 is 11.8 Å². The minimum atomic E-state index is -0.670. The number of ether oxygens (including phenoxy) is 1. The van der Waals surface area contributed by atoms with Crippen LogP contribution in [0.5, 0.6) is 0 Å². The highest BCUT2D eigenvalue weighted by Gasteiger charge is 2.02. The fourth-order valence-corrected chi connectivity index (χ4v) is 3.36. The van der Waals surface area contributed by atoms with E-state index in [1.165, 1.54) is 70.6 Å². The van der Waals surface area contributed by atoms with Crippen molar-refractivity contribution in [3.05, 3.63) is 0 Å². The highest BCUT2D eigenvalue weighted by Crippen LogP contribution is 2.14. The Balaban J connectivity index is 3.10. The van der Waals surface area contributed by atoms with Crippen molar-refractivity contribution in [3.8, 4) is 0 Å². The van der Waals surface area contributed by atoms with Gasteiger partial charge in [-0.05, 0) is 26.2 Å². The number of Topliss-reactive ketones (excluding diaryl/α,β-unsaturated/α-hetero) is 1. The summed E-state index contributed by atoms with van der Waals surface area (Å²) in [5.41, 5.74) is 0. The second-order valence-corrected chi connectivity index (χ2v) is 7.68. The van der Waals surface area contributed by atoms with Crippen LogP contribution in [-0.2, 0) is 14.3 Å². The van der Waals surface area contributed by atoms with E-state index in [1.807, 2.05) is 6.92 Å². The van der Waals surface area contributed by atoms with Crippen LogP contribution in [-0.4, -0.2) is 30.1 Å². The first kappa shape index (κ1) is 26.1. The maximum Gasteiger partial charge on any atom is 0.303 e. The first-order valence-electron chi connectivity index (χ1n) is 11.5. The molecule has 0 amide bonds. The Morgan fingerprint density at radius 3 is 1.37 bits per heavy atom. The van der Waals surface area contributed by atoms with E-state index in [0.717, 1.165) is 45.3 Å². The van der Waals surface area contributed by atoms with Crippen LogP contribution in [0.25, 0.3) is 0 Å². The highest BCUT2D eigenvalue weighted by atomic mass is 16.5. The standard InChI is InChI=1S/C23H44O4/c1-2-27-21-17-19-22(24)18-15-13-11-9-7-5-3-4-6-8-10-12-14-16-20-23(25)26/h2-21H2,1H3,(H,25,26). The summed E-state index contributed by atoms with van der Waals surface area (Å²) < 4.78 is 5.25. The van der Waals surface area contributed by atoms with Crippen molar-refractivity contribution in [2.75, 3.05) is 13.2 Å². The molecule has 4 heteroatoms. The van der Waals surface area contributed by atoms with Gasteiger partial charge in [-0.2, -0.15) is 0 Å². The van der Waals surface area contributed by atoms with E-state index >= 15 is 0 Å². The Hall–Kier alpha value is -0.900. The molecule has 0 heterocycles. The number of carbonyl (C=O) groups excluding carboxylic acids is 1. The first-order chi connectivity index (χ1) is 13.2. The van der Waals surface area contributed by atoms with Crippen LogP contribution < -0.4 is 0 Å². The Morgan fingerprint density at radius 2 is 0.963 bits per heavy atom. The third-order valence-electron chi connectivity index (χ3n) is 5.04. The van der Waals surface area contributed by atoms with Gasteiger partial charge in [-0.25, -0.2) is 0 Å². The van der Waals surface area contributed by atoms with Crippen molar-refractivity contribution in [3.63, 3.8) is 0 Å². The lowest BCUT2D eigenvalue weighted by molar-refractivity contribution is -0.137. The number of carboxylic acids is 1. The quantitative estimate of drug-likeness (QED) is 0.211. The van der Waals surface area contributed by atoms with Crippen molar-refractivity contribution < 1.29 is 19.4 Å². The molecule has 0 aliphatic heterocycles. The lowest BCUT2D eigenvalue weighted by Gasteiger charge is -2.04. The minimum Gasteiger partial charge on any atom is -0.481 e. The van der Waals surface area contributed by atoms with Gasteiger partial charge in [-0.1, -0.05) is 77.0 Å². The summed E-state index contributed by atoms with van der Waals surface area (Å²) in [6, 6.07) is 0. The maximum absolute atomic E-state index is 11.7. The Kier molecular flexibility index (Phi) is 20.7. The van der Waals surface area contributed by atoms with Crippen molar-refractivity contribution in [2.24, 2.45) is 0 Å². The van der Waals surface area contributed by atoms with Gasteiger partial charge in [0.2, 0.25) is 0 Å². The number of carbonyl (C=O) groups is 2. The molecule has 0 aromatic carbocycles.